The van der Waals surface area contributed by atoms with Gasteiger partial charge in [0.15, 0.2) is 5.13 Å². The highest BCUT2D eigenvalue weighted by atomic mass is 32.1. The van der Waals surface area contributed by atoms with Crippen LogP contribution < -0.4 is 5.32 Å². The van der Waals surface area contributed by atoms with E-state index in [-0.39, 0.29) is 16.7 Å². The van der Waals surface area contributed by atoms with E-state index in [1.807, 2.05) is 25.1 Å². The molecule has 0 bridgehead atoms. The van der Waals surface area contributed by atoms with Crippen molar-refractivity contribution in [1.29, 1.82) is 0 Å². The van der Waals surface area contributed by atoms with Gasteiger partial charge in [-0.3, -0.25) is 14.9 Å². The Morgan fingerprint density at radius 3 is 2.64 bits per heavy atom. The normalized spacial score (nSPS) is 13.0. The second-order valence-electron chi connectivity index (χ2n) is 6.57. The Morgan fingerprint density at radius 1 is 1.21 bits per heavy atom. The first-order valence-corrected chi connectivity index (χ1v) is 9.28. The molecule has 2 heterocycles. The van der Waals surface area contributed by atoms with E-state index in [9.17, 15) is 18.4 Å². The van der Waals surface area contributed by atoms with Gasteiger partial charge in [-0.15, -0.1) is 0 Å². The van der Waals surface area contributed by atoms with E-state index in [1.54, 1.807) is 11.9 Å². The Kier molecular flexibility index (Phi) is 4.43. The van der Waals surface area contributed by atoms with Crippen LogP contribution in [0.15, 0.2) is 36.4 Å². The third-order valence-corrected chi connectivity index (χ3v) is 5.51. The third-order valence-electron chi connectivity index (χ3n) is 4.50. The van der Waals surface area contributed by atoms with E-state index >= 15 is 0 Å². The molecule has 0 spiro atoms. The topological polar surface area (TPSA) is 62.3 Å². The number of carbonyl (C=O) groups is 2. The fourth-order valence-electron chi connectivity index (χ4n) is 3.12. The second-order valence-corrected chi connectivity index (χ2v) is 7.57. The Hall–Kier alpha value is -3.13. The summed E-state index contributed by atoms with van der Waals surface area (Å²) in [4.78, 5) is 31.5. The number of hydrogen-bond acceptors (Lipinski definition) is 4. The van der Waals surface area contributed by atoms with Crippen molar-refractivity contribution in [2.45, 2.75) is 13.5 Å². The van der Waals surface area contributed by atoms with Crippen molar-refractivity contribution in [1.82, 2.24) is 9.88 Å². The van der Waals surface area contributed by atoms with Crippen molar-refractivity contribution in [3.05, 3.63) is 70.4 Å². The number of nitrogens with zero attached hydrogens (tertiary/aromatic N) is 2. The average Bonchev–Trinajstić information content (AvgIpc) is 3.02. The Labute approximate surface area is 163 Å². The van der Waals surface area contributed by atoms with Crippen molar-refractivity contribution in [2.24, 2.45) is 0 Å². The van der Waals surface area contributed by atoms with Crippen molar-refractivity contribution in [3.8, 4) is 10.4 Å². The highest BCUT2D eigenvalue weighted by molar-refractivity contribution is 7.19. The van der Waals surface area contributed by atoms with Crippen LogP contribution in [0.25, 0.3) is 10.4 Å². The lowest BCUT2D eigenvalue weighted by molar-refractivity contribution is 0.0783. The number of carbonyl (C=O) groups excluding carboxylic acids is 2. The molecule has 1 N–H and O–H groups in total. The zero-order chi connectivity index (χ0) is 20.0. The summed E-state index contributed by atoms with van der Waals surface area (Å²) in [6.45, 7) is 2.39. The van der Waals surface area contributed by atoms with Crippen LogP contribution in [0.3, 0.4) is 0 Å². The van der Waals surface area contributed by atoms with Crippen molar-refractivity contribution < 1.29 is 18.4 Å². The predicted octanol–water partition coefficient (Wildman–Crippen LogP) is 4.23. The number of nitrogens with one attached hydrogen (secondary N) is 1. The summed E-state index contributed by atoms with van der Waals surface area (Å²) in [7, 11) is 1.67. The lowest BCUT2D eigenvalue weighted by Gasteiger charge is -2.14. The summed E-state index contributed by atoms with van der Waals surface area (Å²) in [6.07, 6.45) is 0. The molecule has 0 fully saturated rings. The van der Waals surface area contributed by atoms with Crippen LogP contribution in [0.4, 0.5) is 13.9 Å². The van der Waals surface area contributed by atoms with Gasteiger partial charge >= 0.3 is 0 Å². The fraction of sp³-hybridized carbons (Fsp3) is 0.150. The molecule has 0 saturated carbocycles. The van der Waals surface area contributed by atoms with E-state index in [4.69, 9.17) is 0 Å². The minimum Gasteiger partial charge on any atom is -0.336 e. The maximum atomic E-state index is 13.9. The van der Waals surface area contributed by atoms with E-state index < -0.39 is 23.1 Å². The molecule has 1 aliphatic heterocycles. The zero-order valence-electron chi connectivity index (χ0n) is 15.0. The summed E-state index contributed by atoms with van der Waals surface area (Å²) in [6, 6.07) is 9.07. The molecule has 0 saturated heterocycles. The predicted molar refractivity (Wildman–Crippen MR) is 102 cm³/mol. The summed E-state index contributed by atoms with van der Waals surface area (Å²) >= 11 is 1.11. The van der Waals surface area contributed by atoms with Gasteiger partial charge in [-0.1, -0.05) is 41.2 Å². The lowest BCUT2D eigenvalue weighted by Crippen LogP contribution is -2.25. The van der Waals surface area contributed by atoms with Crippen LogP contribution in [0, 0.1) is 18.6 Å². The Balaban J connectivity index is 1.77. The van der Waals surface area contributed by atoms with Gasteiger partial charge in [-0.25, -0.2) is 13.8 Å². The monoisotopic (exact) mass is 399 g/mol. The summed E-state index contributed by atoms with van der Waals surface area (Å²) in [5, 5.41) is 2.52. The van der Waals surface area contributed by atoms with Crippen molar-refractivity contribution >= 4 is 28.3 Å². The van der Waals surface area contributed by atoms with E-state index in [0.717, 1.165) is 40.2 Å². The molecule has 0 aliphatic carbocycles. The first kappa shape index (κ1) is 18.2. The SMILES string of the molecule is Cc1ccc2c(c1)-c1sc(NC(=O)c3c(F)cccc3F)nc1C(=O)N(C)C2. The van der Waals surface area contributed by atoms with Gasteiger partial charge in [-0.2, -0.15) is 0 Å². The first-order valence-electron chi connectivity index (χ1n) is 8.46. The smallest absolute Gasteiger partial charge is 0.274 e. The fourth-order valence-corrected chi connectivity index (χ4v) is 4.13. The number of halogens is 2. The number of hydrogen-bond donors (Lipinski definition) is 1. The number of benzene rings is 2. The maximum Gasteiger partial charge on any atom is 0.274 e. The highest BCUT2D eigenvalue weighted by Gasteiger charge is 2.29. The zero-order valence-corrected chi connectivity index (χ0v) is 15.9. The van der Waals surface area contributed by atoms with Gasteiger partial charge < -0.3 is 4.90 Å². The van der Waals surface area contributed by atoms with E-state index in [1.165, 1.54) is 6.07 Å². The van der Waals surface area contributed by atoms with Gasteiger partial charge in [0, 0.05) is 13.6 Å². The number of aromatic nitrogens is 1. The van der Waals surface area contributed by atoms with E-state index in [2.05, 4.69) is 10.3 Å². The minimum absolute atomic E-state index is 0.105. The van der Waals surface area contributed by atoms with Crippen LogP contribution in [0.5, 0.6) is 0 Å². The van der Waals surface area contributed by atoms with E-state index in [0.29, 0.717) is 11.4 Å². The number of anilines is 1. The molecule has 2 aromatic carbocycles. The standard InChI is InChI=1S/C20H15F2N3O2S/c1-10-6-7-11-9-25(2)19(27)16-17(12(11)8-10)28-20(23-16)24-18(26)15-13(21)4-3-5-14(15)22/h3-8H,9H2,1-2H3,(H,23,24,26). The van der Waals surface area contributed by atoms with Gasteiger partial charge in [0.2, 0.25) is 0 Å². The molecule has 1 aliphatic rings. The van der Waals surface area contributed by atoms with Gasteiger partial charge in [-0.05, 0) is 30.2 Å². The quantitative estimate of drug-likeness (QED) is 0.701. The molecule has 3 aromatic rings. The molecule has 28 heavy (non-hydrogen) atoms. The molecule has 1 aromatic heterocycles. The van der Waals surface area contributed by atoms with Crippen LogP contribution in [0.2, 0.25) is 0 Å². The van der Waals surface area contributed by atoms with Crippen molar-refractivity contribution in [3.63, 3.8) is 0 Å². The number of aryl methyl sites for hydroxylation is 1. The largest absolute Gasteiger partial charge is 0.336 e. The molecular weight excluding hydrogens is 384 g/mol. The van der Waals surface area contributed by atoms with Gasteiger partial charge in [0.1, 0.15) is 22.9 Å². The average molecular weight is 399 g/mol. The Morgan fingerprint density at radius 2 is 1.93 bits per heavy atom. The molecule has 2 amide bonds. The second kappa shape index (κ2) is 6.79. The molecular formula is C20H15F2N3O2S. The van der Waals surface area contributed by atoms with Gasteiger partial charge in [0.25, 0.3) is 11.8 Å². The Bertz CT molecular complexity index is 1110. The molecule has 8 heteroatoms. The molecule has 5 nitrogen and oxygen atoms in total. The molecule has 0 radical (unpaired) electrons. The summed E-state index contributed by atoms with van der Waals surface area (Å²) in [5.74, 6) is -3.16. The number of rotatable bonds is 2. The first-order chi connectivity index (χ1) is 13.3. The van der Waals surface area contributed by atoms with Crippen LogP contribution in [-0.4, -0.2) is 28.7 Å². The highest BCUT2D eigenvalue weighted by Crippen LogP contribution is 2.39. The number of amides is 2. The summed E-state index contributed by atoms with van der Waals surface area (Å²) < 4.78 is 27.7. The number of thiazole rings is 1. The minimum atomic E-state index is -0.965. The van der Waals surface area contributed by atoms with Gasteiger partial charge in [0.05, 0.1) is 4.88 Å². The molecule has 0 unspecified atom stereocenters. The van der Waals surface area contributed by atoms with Crippen molar-refractivity contribution in [2.75, 3.05) is 12.4 Å². The molecule has 142 valence electrons. The lowest BCUT2D eigenvalue weighted by atomic mass is 10.0. The maximum absolute atomic E-state index is 13.9. The summed E-state index contributed by atoms with van der Waals surface area (Å²) in [5.41, 5.74) is 2.37. The van der Waals surface area contributed by atoms with Crippen LogP contribution in [-0.2, 0) is 6.54 Å². The van der Waals surface area contributed by atoms with Crippen LogP contribution >= 0.6 is 11.3 Å². The molecule has 4 rings (SSSR count). The molecule has 0 atom stereocenters. The van der Waals surface area contributed by atoms with Crippen LogP contribution in [0.1, 0.15) is 32.0 Å². The third kappa shape index (κ3) is 3.05. The number of fused-ring (bicyclic) bond motifs is 3.